The van der Waals surface area contributed by atoms with Crippen molar-refractivity contribution in [3.8, 4) is 0 Å². The van der Waals surface area contributed by atoms with Crippen molar-refractivity contribution in [1.29, 1.82) is 0 Å². The highest BCUT2D eigenvalue weighted by Gasteiger charge is 2.30. The molecule has 7 heteroatoms. The number of hydrogen-bond donors (Lipinski definition) is 2. The monoisotopic (exact) mass is 321 g/mol. The number of hydrogen-bond acceptors (Lipinski definition) is 5. The SMILES string of the molecule is CCOCC(=O)NC1CCc2onc(C(=O)NCC3CC3)c2C1. The molecule has 2 amide bonds. The van der Waals surface area contributed by atoms with Crippen LogP contribution < -0.4 is 10.6 Å². The van der Waals surface area contributed by atoms with Gasteiger partial charge >= 0.3 is 0 Å². The van der Waals surface area contributed by atoms with E-state index in [4.69, 9.17) is 9.26 Å². The lowest BCUT2D eigenvalue weighted by atomic mass is 9.92. The van der Waals surface area contributed by atoms with Gasteiger partial charge in [0, 0.05) is 31.2 Å². The molecule has 2 N–H and O–H groups in total. The molecule has 0 saturated heterocycles. The summed E-state index contributed by atoms with van der Waals surface area (Å²) in [4.78, 5) is 24.0. The third-order valence-electron chi connectivity index (χ3n) is 4.31. The summed E-state index contributed by atoms with van der Waals surface area (Å²) in [5.74, 6) is 1.07. The van der Waals surface area contributed by atoms with E-state index < -0.39 is 0 Å². The van der Waals surface area contributed by atoms with Gasteiger partial charge in [-0.3, -0.25) is 9.59 Å². The smallest absolute Gasteiger partial charge is 0.273 e. The fourth-order valence-electron chi connectivity index (χ4n) is 2.81. The molecule has 126 valence electrons. The van der Waals surface area contributed by atoms with Crippen LogP contribution >= 0.6 is 0 Å². The maximum atomic E-state index is 12.2. The molecule has 1 fully saturated rings. The average molecular weight is 321 g/mol. The summed E-state index contributed by atoms with van der Waals surface area (Å²) in [5, 5.41) is 9.79. The molecule has 1 aromatic heterocycles. The lowest BCUT2D eigenvalue weighted by Gasteiger charge is -2.22. The molecule has 1 aromatic rings. The number of amides is 2. The highest BCUT2D eigenvalue weighted by Crippen LogP contribution is 2.28. The minimum absolute atomic E-state index is 0.00941. The van der Waals surface area contributed by atoms with Crippen LogP contribution in [0.5, 0.6) is 0 Å². The van der Waals surface area contributed by atoms with Crippen molar-refractivity contribution in [2.24, 2.45) is 5.92 Å². The molecule has 3 rings (SSSR count). The third-order valence-corrected chi connectivity index (χ3v) is 4.31. The molecule has 1 unspecified atom stereocenters. The maximum absolute atomic E-state index is 12.2. The molecule has 0 spiro atoms. The predicted octanol–water partition coefficient (Wildman–Crippen LogP) is 0.824. The van der Waals surface area contributed by atoms with Crippen molar-refractivity contribution in [1.82, 2.24) is 15.8 Å². The highest BCUT2D eigenvalue weighted by atomic mass is 16.5. The van der Waals surface area contributed by atoms with E-state index in [1.165, 1.54) is 12.8 Å². The summed E-state index contributed by atoms with van der Waals surface area (Å²) in [5.41, 5.74) is 1.19. The van der Waals surface area contributed by atoms with Crippen LogP contribution in [0.3, 0.4) is 0 Å². The maximum Gasteiger partial charge on any atom is 0.273 e. The minimum atomic E-state index is -0.178. The first kappa shape index (κ1) is 16.0. The number of nitrogens with zero attached hydrogens (tertiary/aromatic N) is 1. The second kappa shape index (κ2) is 7.12. The Morgan fingerprint density at radius 2 is 2.17 bits per heavy atom. The summed E-state index contributed by atoms with van der Waals surface area (Å²) >= 11 is 0. The van der Waals surface area contributed by atoms with Gasteiger partial charge in [0.2, 0.25) is 5.91 Å². The van der Waals surface area contributed by atoms with E-state index in [1.54, 1.807) is 0 Å². The van der Waals surface area contributed by atoms with Crippen LogP contribution in [0.1, 0.15) is 48.0 Å². The van der Waals surface area contributed by atoms with Gasteiger partial charge in [0.05, 0.1) is 0 Å². The zero-order valence-corrected chi connectivity index (χ0v) is 13.4. The number of aryl methyl sites for hydroxylation is 1. The molecule has 0 aromatic carbocycles. The first-order valence-corrected chi connectivity index (χ1v) is 8.30. The molecule has 1 heterocycles. The number of carbonyl (C=O) groups excluding carboxylic acids is 2. The first-order valence-electron chi connectivity index (χ1n) is 8.30. The van der Waals surface area contributed by atoms with Gasteiger partial charge in [0.25, 0.3) is 5.91 Å². The van der Waals surface area contributed by atoms with Gasteiger partial charge in [0.15, 0.2) is 5.69 Å². The van der Waals surface area contributed by atoms with Gasteiger partial charge in [-0.2, -0.15) is 0 Å². The Kier molecular flexibility index (Phi) is 4.95. The van der Waals surface area contributed by atoms with Crippen molar-refractivity contribution in [3.63, 3.8) is 0 Å². The Hall–Kier alpha value is -1.89. The summed E-state index contributed by atoms with van der Waals surface area (Å²) in [6.07, 6.45) is 4.40. The van der Waals surface area contributed by atoms with Crippen LogP contribution in [0, 0.1) is 5.92 Å². The Morgan fingerprint density at radius 1 is 1.35 bits per heavy atom. The van der Waals surface area contributed by atoms with Crippen LogP contribution in [0.25, 0.3) is 0 Å². The van der Waals surface area contributed by atoms with E-state index in [-0.39, 0.29) is 24.5 Å². The van der Waals surface area contributed by atoms with Gasteiger partial charge in [-0.25, -0.2) is 0 Å². The van der Waals surface area contributed by atoms with E-state index in [9.17, 15) is 9.59 Å². The quantitative estimate of drug-likeness (QED) is 0.776. The van der Waals surface area contributed by atoms with E-state index in [2.05, 4.69) is 15.8 Å². The topological polar surface area (TPSA) is 93.5 Å². The highest BCUT2D eigenvalue weighted by molar-refractivity contribution is 5.94. The molecular formula is C16H23N3O4. The largest absolute Gasteiger partial charge is 0.372 e. The lowest BCUT2D eigenvalue weighted by Crippen LogP contribution is -2.41. The van der Waals surface area contributed by atoms with Crippen molar-refractivity contribution in [3.05, 3.63) is 17.0 Å². The third kappa shape index (κ3) is 4.10. The van der Waals surface area contributed by atoms with Crippen LogP contribution in [0.4, 0.5) is 0 Å². The molecule has 1 atom stereocenters. The van der Waals surface area contributed by atoms with E-state index in [0.717, 1.165) is 17.7 Å². The van der Waals surface area contributed by atoms with E-state index in [0.29, 0.717) is 37.6 Å². The van der Waals surface area contributed by atoms with Crippen molar-refractivity contribution in [2.45, 2.75) is 45.1 Å². The standard InChI is InChI=1S/C16H23N3O4/c1-2-22-9-14(20)18-11-5-6-13-12(7-11)15(19-23-13)16(21)17-8-10-3-4-10/h10-11H,2-9H2,1H3,(H,17,21)(H,18,20). The molecule has 0 radical (unpaired) electrons. The van der Waals surface area contributed by atoms with Crippen molar-refractivity contribution >= 4 is 11.8 Å². The Bertz CT molecular complexity index is 580. The van der Waals surface area contributed by atoms with Gasteiger partial charge in [0.1, 0.15) is 12.4 Å². The Balaban J connectivity index is 1.58. The number of ether oxygens (including phenoxy) is 1. The normalized spacial score (nSPS) is 20.0. The van der Waals surface area contributed by atoms with Crippen LogP contribution in [0.15, 0.2) is 4.52 Å². The number of rotatable bonds is 7. The molecule has 2 aliphatic rings. The van der Waals surface area contributed by atoms with Gasteiger partial charge < -0.3 is 19.9 Å². The summed E-state index contributed by atoms with van der Waals surface area (Å²) < 4.78 is 10.4. The van der Waals surface area contributed by atoms with Crippen LogP contribution in [0.2, 0.25) is 0 Å². The lowest BCUT2D eigenvalue weighted by molar-refractivity contribution is -0.126. The molecular weight excluding hydrogens is 298 g/mol. The summed E-state index contributed by atoms with van der Waals surface area (Å²) in [6, 6.07) is -0.00941. The van der Waals surface area contributed by atoms with Gasteiger partial charge in [-0.1, -0.05) is 5.16 Å². The number of nitrogens with one attached hydrogen (secondary N) is 2. The average Bonchev–Trinajstić information content (AvgIpc) is 3.28. The zero-order valence-electron chi connectivity index (χ0n) is 13.4. The fraction of sp³-hybridized carbons (Fsp3) is 0.688. The van der Waals surface area contributed by atoms with Crippen LogP contribution in [-0.2, 0) is 22.4 Å². The van der Waals surface area contributed by atoms with Gasteiger partial charge in [-0.15, -0.1) is 0 Å². The molecule has 1 saturated carbocycles. The summed E-state index contributed by atoms with van der Waals surface area (Å²) in [6.45, 7) is 3.14. The molecule has 2 aliphatic carbocycles. The van der Waals surface area contributed by atoms with Gasteiger partial charge in [-0.05, 0) is 38.5 Å². The Morgan fingerprint density at radius 3 is 2.91 bits per heavy atom. The summed E-state index contributed by atoms with van der Waals surface area (Å²) in [7, 11) is 0. The van der Waals surface area contributed by atoms with E-state index in [1.807, 2.05) is 6.92 Å². The van der Waals surface area contributed by atoms with E-state index >= 15 is 0 Å². The van der Waals surface area contributed by atoms with Crippen molar-refractivity contribution < 1.29 is 18.8 Å². The Labute approximate surface area is 135 Å². The molecule has 23 heavy (non-hydrogen) atoms. The first-order chi connectivity index (χ1) is 11.2. The number of aromatic nitrogens is 1. The van der Waals surface area contributed by atoms with Crippen LogP contribution in [-0.4, -0.2) is 42.8 Å². The second-order valence-corrected chi connectivity index (χ2v) is 6.23. The minimum Gasteiger partial charge on any atom is -0.372 e. The molecule has 7 nitrogen and oxygen atoms in total. The predicted molar refractivity (Wildman–Crippen MR) is 82.0 cm³/mol. The fourth-order valence-corrected chi connectivity index (χ4v) is 2.81. The molecule has 0 bridgehead atoms. The van der Waals surface area contributed by atoms with Crippen molar-refractivity contribution in [2.75, 3.05) is 19.8 Å². The number of carbonyl (C=O) groups is 2. The second-order valence-electron chi connectivity index (χ2n) is 6.23. The zero-order chi connectivity index (χ0) is 16.2. The number of fused-ring (bicyclic) bond motifs is 1. The molecule has 0 aliphatic heterocycles.